The fraction of sp³-hybridized carbons (Fsp3) is 0.500. The summed E-state index contributed by atoms with van der Waals surface area (Å²) in [5.74, 6) is -2.01. The van der Waals surface area contributed by atoms with Gasteiger partial charge in [-0.2, -0.15) is 0 Å². The van der Waals surface area contributed by atoms with Gasteiger partial charge in [0.1, 0.15) is 0 Å². The zero-order valence-corrected chi connectivity index (χ0v) is 12.9. The van der Waals surface area contributed by atoms with E-state index in [2.05, 4.69) is 0 Å². The van der Waals surface area contributed by atoms with Crippen LogP contribution in [0.25, 0.3) is 0 Å². The van der Waals surface area contributed by atoms with E-state index in [0.29, 0.717) is 5.56 Å². The predicted octanol–water partition coefficient (Wildman–Crippen LogP) is 3.25. The molecule has 0 heterocycles. The Morgan fingerprint density at radius 3 is 2.05 bits per heavy atom. The van der Waals surface area contributed by atoms with Crippen molar-refractivity contribution < 1.29 is 19.4 Å². The summed E-state index contributed by atoms with van der Waals surface area (Å²) in [6, 6.07) is 1.93. The lowest BCUT2D eigenvalue weighted by Crippen LogP contribution is -2.24. The fourth-order valence-corrected chi connectivity index (χ4v) is 2.19. The third kappa shape index (κ3) is 3.18. The van der Waals surface area contributed by atoms with E-state index in [4.69, 9.17) is 4.74 Å². The molecule has 0 aromatic heterocycles. The molecule has 0 aliphatic heterocycles. The number of carbonyl (C=O) groups excluding carboxylic acids is 1. The summed E-state index contributed by atoms with van der Waals surface area (Å²) in [5, 5.41) is 9.39. The number of carboxylic acids is 1. The second-order valence-electron chi connectivity index (χ2n) is 5.48. The summed E-state index contributed by atoms with van der Waals surface area (Å²) in [6.45, 7) is 11.0. The molecular weight excluding hydrogens is 256 g/mol. The topological polar surface area (TPSA) is 63.6 Å². The summed E-state index contributed by atoms with van der Waals surface area (Å²) in [5.41, 5.74) is 4.40. The molecule has 1 unspecified atom stereocenters. The molecule has 0 saturated heterocycles. The summed E-state index contributed by atoms with van der Waals surface area (Å²) in [4.78, 5) is 23.2. The highest BCUT2D eigenvalue weighted by Gasteiger charge is 2.29. The second-order valence-corrected chi connectivity index (χ2v) is 5.48. The Labute approximate surface area is 119 Å². The van der Waals surface area contributed by atoms with Crippen molar-refractivity contribution in [3.8, 4) is 0 Å². The van der Waals surface area contributed by atoms with Gasteiger partial charge in [0.15, 0.2) is 0 Å². The maximum atomic E-state index is 11.7. The summed E-state index contributed by atoms with van der Waals surface area (Å²) in [6.07, 6.45) is -1.25. The third-order valence-corrected chi connectivity index (χ3v) is 3.61. The van der Waals surface area contributed by atoms with E-state index in [1.165, 1.54) is 0 Å². The van der Waals surface area contributed by atoms with Crippen LogP contribution in [0.15, 0.2) is 6.07 Å². The predicted molar refractivity (Wildman–Crippen MR) is 76.7 cm³/mol. The monoisotopic (exact) mass is 278 g/mol. The average Bonchev–Trinajstić information content (AvgIpc) is 2.34. The molecule has 4 nitrogen and oxygen atoms in total. The quantitative estimate of drug-likeness (QED) is 0.859. The van der Waals surface area contributed by atoms with Crippen molar-refractivity contribution in [1.82, 2.24) is 0 Å². The first-order valence-corrected chi connectivity index (χ1v) is 6.67. The molecule has 20 heavy (non-hydrogen) atoms. The van der Waals surface area contributed by atoms with Crippen molar-refractivity contribution in [1.29, 1.82) is 0 Å². The number of hydrogen-bond donors (Lipinski definition) is 1. The molecule has 1 aromatic rings. The molecular formula is C16H22O4. The van der Waals surface area contributed by atoms with Crippen LogP contribution in [-0.4, -0.2) is 17.0 Å². The van der Waals surface area contributed by atoms with Gasteiger partial charge in [-0.15, -0.1) is 0 Å². The molecule has 0 amide bonds. The number of carbonyl (C=O) groups is 2. The van der Waals surface area contributed by atoms with E-state index >= 15 is 0 Å². The van der Waals surface area contributed by atoms with Gasteiger partial charge in [0, 0.05) is 5.56 Å². The largest absolute Gasteiger partial charge is 0.478 e. The zero-order chi connectivity index (χ0) is 15.6. The molecule has 0 saturated carbocycles. The van der Waals surface area contributed by atoms with Gasteiger partial charge in [0.05, 0.1) is 5.92 Å². The number of rotatable bonds is 4. The Morgan fingerprint density at radius 2 is 1.60 bits per heavy atom. The molecule has 110 valence electrons. The van der Waals surface area contributed by atoms with E-state index in [1.54, 1.807) is 13.8 Å². The normalized spacial score (nSPS) is 12.3. The molecule has 0 bridgehead atoms. The number of carboxylic acid groups (broad SMARTS) is 1. The number of benzene rings is 1. The Kier molecular flexibility index (Phi) is 4.93. The van der Waals surface area contributed by atoms with Gasteiger partial charge < -0.3 is 9.84 Å². The molecule has 1 atom stereocenters. The zero-order valence-electron chi connectivity index (χ0n) is 12.9. The first-order chi connectivity index (χ1) is 9.16. The third-order valence-electron chi connectivity index (χ3n) is 3.61. The highest BCUT2D eigenvalue weighted by Crippen LogP contribution is 2.30. The van der Waals surface area contributed by atoms with Gasteiger partial charge in [0.2, 0.25) is 6.10 Å². The molecule has 0 aliphatic carbocycles. The Balaban J connectivity index is 3.33. The van der Waals surface area contributed by atoms with Crippen molar-refractivity contribution in [2.45, 2.75) is 47.6 Å². The average molecular weight is 278 g/mol. The van der Waals surface area contributed by atoms with Crippen LogP contribution < -0.4 is 0 Å². The standard InChI is InChI=1S/C16H22O4/c1-8(2)16(19)20-14(15(17)18)13-10(4)7-9(3)11(5)12(13)6/h7-8,14H,1-6H3,(H,17,18). The first kappa shape index (κ1) is 16.2. The smallest absolute Gasteiger partial charge is 0.349 e. The van der Waals surface area contributed by atoms with Crippen molar-refractivity contribution in [2.75, 3.05) is 0 Å². The van der Waals surface area contributed by atoms with Gasteiger partial charge in [0.25, 0.3) is 0 Å². The maximum absolute atomic E-state index is 11.7. The second kappa shape index (κ2) is 6.07. The molecule has 0 radical (unpaired) electrons. The first-order valence-electron chi connectivity index (χ1n) is 6.67. The number of aliphatic carboxylic acids is 1. The summed E-state index contributed by atoms with van der Waals surface area (Å²) < 4.78 is 5.18. The SMILES string of the molecule is Cc1cc(C)c(C(OC(=O)C(C)C)C(=O)O)c(C)c1C. The number of esters is 1. The Bertz CT molecular complexity index is 544. The van der Waals surface area contributed by atoms with E-state index in [9.17, 15) is 14.7 Å². The minimum absolute atomic E-state index is 0.357. The van der Waals surface area contributed by atoms with E-state index in [-0.39, 0.29) is 5.92 Å². The van der Waals surface area contributed by atoms with Crippen molar-refractivity contribution >= 4 is 11.9 Å². The van der Waals surface area contributed by atoms with Crippen LogP contribution >= 0.6 is 0 Å². The number of hydrogen-bond acceptors (Lipinski definition) is 3. The number of ether oxygens (including phenoxy) is 1. The van der Waals surface area contributed by atoms with Gasteiger partial charge in [-0.05, 0) is 49.9 Å². The van der Waals surface area contributed by atoms with Crippen LogP contribution in [0, 0.1) is 33.6 Å². The minimum Gasteiger partial charge on any atom is -0.478 e. The molecule has 0 spiro atoms. The van der Waals surface area contributed by atoms with E-state index in [0.717, 1.165) is 22.3 Å². The van der Waals surface area contributed by atoms with Crippen LogP contribution in [0.2, 0.25) is 0 Å². The van der Waals surface area contributed by atoms with Gasteiger partial charge in [-0.1, -0.05) is 19.9 Å². The molecule has 4 heteroatoms. The van der Waals surface area contributed by atoms with Crippen molar-refractivity contribution in [3.05, 3.63) is 33.9 Å². The summed E-state index contributed by atoms with van der Waals surface area (Å²) in [7, 11) is 0. The van der Waals surface area contributed by atoms with E-state index < -0.39 is 18.0 Å². The van der Waals surface area contributed by atoms with Gasteiger partial charge in [-0.25, -0.2) is 4.79 Å². The Morgan fingerprint density at radius 1 is 1.05 bits per heavy atom. The van der Waals surface area contributed by atoms with Crippen LogP contribution in [0.4, 0.5) is 0 Å². The van der Waals surface area contributed by atoms with E-state index in [1.807, 2.05) is 33.8 Å². The molecule has 0 fully saturated rings. The lowest BCUT2D eigenvalue weighted by Gasteiger charge is -2.21. The minimum atomic E-state index is -1.25. The van der Waals surface area contributed by atoms with Crippen LogP contribution in [0.3, 0.4) is 0 Å². The lowest BCUT2D eigenvalue weighted by molar-refractivity contribution is -0.166. The Hall–Kier alpha value is -1.84. The molecule has 1 rings (SSSR count). The highest BCUT2D eigenvalue weighted by atomic mass is 16.6. The highest BCUT2D eigenvalue weighted by molar-refractivity contribution is 5.81. The van der Waals surface area contributed by atoms with Crippen molar-refractivity contribution in [2.24, 2.45) is 5.92 Å². The summed E-state index contributed by atoms with van der Waals surface area (Å²) >= 11 is 0. The molecule has 0 aliphatic rings. The van der Waals surface area contributed by atoms with Crippen molar-refractivity contribution in [3.63, 3.8) is 0 Å². The van der Waals surface area contributed by atoms with Crippen LogP contribution in [0.1, 0.15) is 47.8 Å². The molecule has 1 N–H and O–H groups in total. The van der Waals surface area contributed by atoms with Gasteiger partial charge >= 0.3 is 11.9 Å². The lowest BCUT2D eigenvalue weighted by atomic mass is 9.91. The van der Waals surface area contributed by atoms with Gasteiger partial charge in [-0.3, -0.25) is 4.79 Å². The number of aryl methyl sites for hydroxylation is 2. The van der Waals surface area contributed by atoms with Crippen LogP contribution in [-0.2, 0) is 14.3 Å². The molecule has 1 aromatic carbocycles. The fourth-order valence-electron chi connectivity index (χ4n) is 2.19. The van der Waals surface area contributed by atoms with Crippen LogP contribution in [0.5, 0.6) is 0 Å². The maximum Gasteiger partial charge on any atom is 0.349 e.